The first-order valence-corrected chi connectivity index (χ1v) is 24.4. The molecule has 0 spiro atoms. The molecular weight excluding hydrogens is 963 g/mol. The van der Waals surface area contributed by atoms with Crippen molar-refractivity contribution >= 4 is 46.9 Å². The van der Waals surface area contributed by atoms with E-state index in [2.05, 4.69) is 25.9 Å². The first-order valence-electron chi connectivity index (χ1n) is 23.6. The second kappa shape index (κ2) is 20.7. The number of carboxylic acids is 1. The molecule has 70 heavy (non-hydrogen) atoms. The van der Waals surface area contributed by atoms with Gasteiger partial charge >= 0.3 is 5.97 Å². The lowest BCUT2D eigenvalue weighted by molar-refractivity contribution is -0.154. The summed E-state index contributed by atoms with van der Waals surface area (Å²) in [7, 11) is 2.81. The number of fused-ring (bicyclic) bond motifs is 4. The quantitative estimate of drug-likeness (QED) is 0.129. The zero-order valence-corrected chi connectivity index (χ0v) is 40.2. The Morgan fingerprint density at radius 3 is 1.80 bits per heavy atom. The lowest BCUT2D eigenvalue weighted by Crippen LogP contribution is -2.50. The fourth-order valence-corrected chi connectivity index (χ4v) is 12.1. The monoisotopic (exact) mass is 1020 g/mol. The number of benzene rings is 2. The van der Waals surface area contributed by atoms with E-state index in [0.717, 1.165) is 71.2 Å². The molecule has 4 aromatic rings. The molecular formula is C47H54Cl2F4N10O7. The highest BCUT2D eigenvalue weighted by molar-refractivity contribution is 6.32. The number of ether oxygens (including phenoxy) is 2. The lowest BCUT2D eigenvalue weighted by Gasteiger charge is -2.43. The summed E-state index contributed by atoms with van der Waals surface area (Å²) in [6, 6.07) is 6.05. The van der Waals surface area contributed by atoms with Crippen LogP contribution in [0.15, 0.2) is 24.3 Å². The molecule has 2 bridgehead atoms. The molecule has 2 saturated heterocycles. The Balaban J connectivity index is 0.000000185. The van der Waals surface area contributed by atoms with Crippen molar-refractivity contribution in [2.24, 2.45) is 37.8 Å². The molecule has 4 unspecified atom stereocenters. The Morgan fingerprint density at radius 2 is 1.27 bits per heavy atom. The second-order valence-electron chi connectivity index (χ2n) is 18.8. The molecule has 2 N–H and O–H groups in total. The van der Waals surface area contributed by atoms with Crippen LogP contribution in [-0.2, 0) is 59.3 Å². The zero-order chi connectivity index (χ0) is 49.5. The number of carbonyl (C=O) groups excluding carboxylic acids is 3. The molecule has 23 heteroatoms. The van der Waals surface area contributed by atoms with E-state index in [0.29, 0.717) is 72.4 Å². The summed E-state index contributed by atoms with van der Waals surface area (Å²) in [6.45, 7) is 2.67. The number of aromatic nitrogens is 6. The second-order valence-corrected chi connectivity index (χ2v) is 19.6. The van der Waals surface area contributed by atoms with Crippen molar-refractivity contribution in [3.8, 4) is 11.5 Å². The molecule has 6 heterocycles. The van der Waals surface area contributed by atoms with Gasteiger partial charge in [-0.3, -0.25) is 19.2 Å². The van der Waals surface area contributed by atoms with Gasteiger partial charge in [0.25, 0.3) is 12.9 Å². The molecule has 4 fully saturated rings. The average Bonchev–Trinajstić information content (AvgIpc) is 4.22. The van der Waals surface area contributed by atoms with Gasteiger partial charge in [0.15, 0.2) is 0 Å². The first kappa shape index (κ1) is 49.4. The fraction of sp³-hybridized carbons (Fsp3) is 0.574. The van der Waals surface area contributed by atoms with Crippen LogP contribution in [0.1, 0.15) is 115 Å². The Hall–Kier alpha value is -5.54. The van der Waals surface area contributed by atoms with Crippen molar-refractivity contribution in [3.05, 3.63) is 79.3 Å². The number of hydrogen-bond acceptors (Lipinski definition) is 11. The van der Waals surface area contributed by atoms with Gasteiger partial charge in [-0.05, 0) is 98.7 Å². The van der Waals surface area contributed by atoms with Crippen molar-refractivity contribution in [3.63, 3.8) is 0 Å². The Bertz CT molecular complexity index is 2650. The zero-order valence-electron chi connectivity index (χ0n) is 38.6. The molecule has 3 amide bonds. The molecule has 4 aliphatic heterocycles. The Kier molecular flexibility index (Phi) is 14.6. The van der Waals surface area contributed by atoms with E-state index in [9.17, 15) is 41.8 Å². The van der Waals surface area contributed by atoms with Crippen molar-refractivity contribution in [1.82, 2.24) is 50.0 Å². The number of amides is 3. The predicted octanol–water partition coefficient (Wildman–Crippen LogP) is 6.57. The summed E-state index contributed by atoms with van der Waals surface area (Å²) in [5, 5.41) is 29.6. The van der Waals surface area contributed by atoms with Crippen LogP contribution in [0.4, 0.5) is 17.6 Å². The number of aliphatic carboxylic acids is 1. The lowest BCUT2D eigenvalue weighted by atomic mass is 9.77. The molecule has 376 valence electrons. The third-order valence-electron chi connectivity index (χ3n) is 14.9. The van der Waals surface area contributed by atoms with Gasteiger partial charge in [0.2, 0.25) is 17.7 Å². The number of nitrogens with one attached hydrogen (secondary N) is 1. The highest BCUT2D eigenvalue weighted by Crippen LogP contribution is 2.54. The summed E-state index contributed by atoms with van der Waals surface area (Å²) in [6.07, 6.45) is 0.592. The van der Waals surface area contributed by atoms with Gasteiger partial charge in [-0.25, -0.2) is 26.9 Å². The van der Waals surface area contributed by atoms with E-state index in [4.69, 9.17) is 32.7 Å². The molecule has 10 rings (SSSR count). The van der Waals surface area contributed by atoms with E-state index < -0.39 is 36.7 Å². The maximum absolute atomic E-state index is 14.3. The van der Waals surface area contributed by atoms with Gasteiger partial charge in [-0.2, -0.15) is 0 Å². The van der Waals surface area contributed by atoms with Crippen molar-refractivity contribution in [2.75, 3.05) is 39.3 Å². The molecule has 6 aliphatic rings. The number of likely N-dealkylation sites (tertiary alicyclic amines) is 2. The third kappa shape index (κ3) is 9.64. The Labute approximate surface area is 410 Å². The van der Waals surface area contributed by atoms with Crippen LogP contribution in [0.3, 0.4) is 0 Å². The number of carboxylic acid groups (broad SMARTS) is 1. The van der Waals surface area contributed by atoms with Gasteiger partial charge in [0.05, 0.1) is 23.9 Å². The van der Waals surface area contributed by atoms with Gasteiger partial charge in [-0.15, -0.1) is 10.2 Å². The summed E-state index contributed by atoms with van der Waals surface area (Å²) >= 11 is 13.1. The maximum Gasteiger partial charge on any atom is 0.307 e. The van der Waals surface area contributed by atoms with Gasteiger partial charge < -0.3 is 34.6 Å². The van der Waals surface area contributed by atoms with Gasteiger partial charge in [0, 0.05) is 80.8 Å². The number of carbonyl (C=O) groups is 4. The van der Waals surface area contributed by atoms with Crippen LogP contribution in [0, 0.1) is 23.7 Å². The van der Waals surface area contributed by atoms with Crippen molar-refractivity contribution in [2.45, 2.75) is 95.9 Å². The molecule has 2 saturated carbocycles. The molecule has 2 aromatic heterocycles. The number of aryl methyl sites for hydroxylation is 2. The average molecular weight is 1020 g/mol. The van der Waals surface area contributed by atoms with Crippen LogP contribution in [0.25, 0.3) is 0 Å². The summed E-state index contributed by atoms with van der Waals surface area (Å²) in [4.78, 5) is 56.6. The SMILES string of the molecule is Cn1nnc(COc2ccc(Cl)c3c2[C@@H](CN2CCCC2=O)N(C(=O)C2C4CCC(C4)C2C(=O)O)CC3)c1C(F)F.Cn1nnc(COc2ccc(Cl)c3c2[C@@H](CN2CCCC2=O)NCC3)c1C(F)F. The summed E-state index contributed by atoms with van der Waals surface area (Å²) < 4.78 is 67.9. The topological polar surface area (TPSA) is 190 Å². The van der Waals surface area contributed by atoms with Crippen LogP contribution >= 0.6 is 23.2 Å². The first-order chi connectivity index (χ1) is 33.6. The Morgan fingerprint density at radius 1 is 0.743 bits per heavy atom. The number of nitrogens with zero attached hydrogens (tertiary/aromatic N) is 9. The van der Waals surface area contributed by atoms with E-state index in [1.807, 2.05) is 4.90 Å². The van der Waals surface area contributed by atoms with E-state index in [1.54, 1.807) is 34.1 Å². The standard InChI is InChI=1S/C28H32ClF2N5O5.C19H22ClF2N5O2/c1-34-25(26(30)31)18(32-33-34)13-41-20-7-6-17(29)16-8-10-36(19(24(16)20)12-35-9-2-3-21(35)37)27(38)22-14-4-5-15(11-14)23(22)28(39)40;1-26-18(19(21)22)14(24-25-26)10-29-15-5-4-12(20)11-6-7-23-13(17(11)15)9-27-8-2-3-16(27)28/h6-7,14-15,19,22-23,26H,2-5,8-13H2,1H3,(H,39,40);4-5,13,19,23H,2-3,6-10H2,1H3/t14?,15?,19-,22?,23?;13-/m11/s1. The van der Waals surface area contributed by atoms with Crippen molar-refractivity contribution in [1.29, 1.82) is 0 Å². The minimum atomic E-state index is -2.79. The highest BCUT2D eigenvalue weighted by Gasteiger charge is 2.56. The van der Waals surface area contributed by atoms with Crippen LogP contribution in [0.5, 0.6) is 11.5 Å². The molecule has 2 aliphatic carbocycles. The minimum Gasteiger partial charge on any atom is -0.487 e. The molecule has 2 aromatic carbocycles. The minimum absolute atomic E-state index is 0.00695. The molecule has 6 atom stereocenters. The number of hydrogen-bond donors (Lipinski definition) is 2. The maximum atomic E-state index is 14.3. The normalized spacial score (nSPS) is 23.8. The predicted molar refractivity (Wildman–Crippen MR) is 243 cm³/mol. The summed E-state index contributed by atoms with van der Waals surface area (Å²) in [5.74, 6) is -1.46. The number of rotatable bonds is 14. The van der Waals surface area contributed by atoms with E-state index in [1.165, 1.54) is 14.1 Å². The van der Waals surface area contributed by atoms with Gasteiger partial charge in [-0.1, -0.05) is 33.6 Å². The van der Waals surface area contributed by atoms with E-state index in [-0.39, 0.29) is 78.1 Å². The number of alkyl halides is 4. The third-order valence-corrected chi connectivity index (χ3v) is 15.6. The van der Waals surface area contributed by atoms with Gasteiger partial charge in [0.1, 0.15) is 47.5 Å². The van der Waals surface area contributed by atoms with E-state index >= 15 is 0 Å². The largest absolute Gasteiger partial charge is 0.487 e. The van der Waals surface area contributed by atoms with Crippen LogP contribution < -0.4 is 14.8 Å². The molecule has 0 radical (unpaired) electrons. The molecule has 17 nitrogen and oxygen atoms in total. The van der Waals surface area contributed by atoms with Crippen LogP contribution in [-0.4, -0.2) is 113 Å². The smallest absolute Gasteiger partial charge is 0.307 e. The highest BCUT2D eigenvalue weighted by atomic mass is 35.5. The van der Waals surface area contributed by atoms with Crippen LogP contribution in [0.2, 0.25) is 10.0 Å². The number of halogens is 6. The fourth-order valence-electron chi connectivity index (χ4n) is 11.6. The summed E-state index contributed by atoms with van der Waals surface area (Å²) in [5.41, 5.74) is 2.72. The van der Waals surface area contributed by atoms with Crippen molar-refractivity contribution < 1.29 is 51.3 Å².